The van der Waals surface area contributed by atoms with E-state index in [1.54, 1.807) is 0 Å². The van der Waals surface area contributed by atoms with Crippen molar-refractivity contribution in [2.75, 3.05) is 0 Å². The van der Waals surface area contributed by atoms with E-state index in [4.69, 9.17) is 23.2 Å². The SMILES string of the molecule is O=[N+]([O-])c1cc(Cl)c([N+](=O)[O-])c(Cl)c1[N+](=O)[O-]. The van der Waals surface area contributed by atoms with E-state index in [0.717, 1.165) is 0 Å². The van der Waals surface area contributed by atoms with Gasteiger partial charge in [0, 0.05) is 6.07 Å². The van der Waals surface area contributed by atoms with Gasteiger partial charge in [0.2, 0.25) is 5.02 Å². The van der Waals surface area contributed by atoms with Gasteiger partial charge in [-0.2, -0.15) is 0 Å². The molecule has 11 heteroatoms. The fourth-order valence-corrected chi connectivity index (χ4v) is 1.72. The van der Waals surface area contributed by atoms with Crippen LogP contribution in [0, 0.1) is 30.3 Å². The number of nitro benzene ring substituents is 3. The molecule has 1 rings (SSSR count). The van der Waals surface area contributed by atoms with E-state index >= 15 is 0 Å². The van der Waals surface area contributed by atoms with Gasteiger partial charge >= 0.3 is 17.1 Å². The number of hydrogen-bond donors (Lipinski definition) is 0. The normalized spacial score (nSPS) is 10.0. The molecule has 0 saturated carbocycles. The lowest BCUT2D eigenvalue weighted by molar-refractivity contribution is -0.424. The lowest BCUT2D eigenvalue weighted by Crippen LogP contribution is -2.01. The number of rotatable bonds is 3. The van der Waals surface area contributed by atoms with Gasteiger partial charge in [-0.3, -0.25) is 30.3 Å². The molecule has 0 fully saturated rings. The first-order valence-corrected chi connectivity index (χ1v) is 4.48. The Balaban J connectivity index is 3.76. The summed E-state index contributed by atoms with van der Waals surface area (Å²) in [5.74, 6) is 0. The molecule has 1 aromatic rings. The van der Waals surface area contributed by atoms with E-state index < -0.39 is 41.9 Å². The molecule has 0 amide bonds. The first-order chi connectivity index (χ1) is 7.77. The molecular formula is C6HCl2N3O6. The maximum Gasteiger partial charge on any atom is 0.371 e. The van der Waals surface area contributed by atoms with Crippen molar-refractivity contribution < 1.29 is 14.8 Å². The molecule has 0 spiro atoms. The van der Waals surface area contributed by atoms with E-state index in [9.17, 15) is 30.3 Å². The third kappa shape index (κ3) is 2.24. The van der Waals surface area contributed by atoms with Gasteiger partial charge in [-0.05, 0) is 0 Å². The van der Waals surface area contributed by atoms with Crippen molar-refractivity contribution in [3.8, 4) is 0 Å². The van der Waals surface area contributed by atoms with Crippen LogP contribution < -0.4 is 0 Å². The summed E-state index contributed by atoms with van der Waals surface area (Å²) in [6.07, 6.45) is 0. The molecule has 0 N–H and O–H groups in total. The number of nitrogens with zero attached hydrogens (tertiary/aromatic N) is 3. The average Bonchev–Trinajstić information content (AvgIpc) is 2.14. The molecule has 0 aliphatic carbocycles. The maximum absolute atomic E-state index is 10.6. The Kier molecular flexibility index (Phi) is 3.44. The van der Waals surface area contributed by atoms with Crippen molar-refractivity contribution in [3.05, 3.63) is 46.5 Å². The van der Waals surface area contributed by atoms with Crippen LogP contribution in [-0.4, -0.2) is 14.8 Å². The van der Waals surface area contributed by atoms with Gasteiger partial charge in [-0.1, -0.05) is 23.2 Å². The van der Waals surface area contributed by atoms with E-state index in [1.165, 1.54) is 0 Å². The van der Waals surface area contributed by atoms with Crippen LogP contribution in [0.5, 0.6) is 0 Å². The van der Waals surface area contributed by atoms with Gasteiger partial charge in [0.25, 0.3) is 0 Å². The zero-order valence-electron chi connectivity index (χ0n) is 7.62. The van der Waals surface area contributed by atoms with Gasteiger partial charge < -0.3 is 0 Å². The van der Waals surface area contributed by atoms with Crippen molar-refractivity contribution in [2.24, 2.45) is 0 Å². The van der Waals surface area contributed by atoms with Crippen molar-refractivity contribution in [2.45, 2.75) is 0 Å². The molecule has 0 aromatic heterocycles. The molecule has 0 saturated heterocycles. The fourth-order valence-electron chi connectivity index (χ4n) is 1.07. The molecule has 90 valence electrons. The molecule has 0 heterocycles. The first kappa shape index (κ1) is 13.1. The highest BCUT2D eigenvalue weighted by atomic mass is 35.5. The van der Waals surface area contributed by atoms with Crippen LogP contribution in [0.1, 0.15) is 0 Å². The predicted molar refractivity (Wildman–Crippen MR) is 56.4 cm³/mol. The van der Waals surface area contributed by atoms with Crippen molar-refractivity contribution in [1.82, 2.24) is 0 Å². The molecule has 0 unspecified atom stereocenters. The van der Waals surface area contributed by atoms with Gasteiger partial charge in [-0.25, -0.2) is 0 Å². The van der Waals surface area contributed by atoms with E-state index in [-0.39, 0.29) is 0 Å². The van der Waals surface area contributed by atoms with Crippen LogP contribution in [0.15, 0.2) is 6.07 Å². The lowest BCUT2D eigenvalue weighted by atomic mass is 10.2. The van der Waals surface area contributed by atoms with E-state index in [2.05, 4.69) is 0 Å². The van der Waals surface area contributed by atoms with Crippen LogP contribution in [0.4, 0.5) is 17.1 Å². The van der Waals surface area contributed by atoms with Gasteiger partial charge in [0.1, 0.15) is 5.02 Å². The Morgan fingerprint density at radius 2 is 1.35 bits per heavy atom. The summed E-state index contributed by atoms with van der Waals surface area (Å²) < 4.78 is 0. The van der Waals surface area contributed by atoms with Gasteiger partial charge in [-0.15, -0.1) is 0 Å². The Bertz CT molecular complexity index is 545. The minimum atomic E-state index is -1.18. The summed E-state index contributed by atoms with van der Waals surface area (Å²) in [6.45, 7) is 0. The number of nitro groups is 3. The Labute approximate surface area is 102 Å². The van der Waals surface area contributed by atoms with Crippen LogP contribution in [-0.2, 0) is 0 Å². The second-order valence-electron chi connectivity index (χ2n) is 2.66. The zero-order chi connectivity index (χ0) is 13.3. The Morgan fingerprint density at radius 1 is 0.882 bits per heavy atom. The summed E-state index contributed by atoms with van der Waals surface area (Å²) in [4.78, 5) is 28.3. The maximum atomic E-state index is 10.6. The summed E-state index contributed by atoms with van der Waals surface area (Å²) in [6, 6.07) is 0.518. The molecule has 0 bridgehead atoms. The average molecular weight is 282 g/mol. The molecule has 1 aromatic carbocycles. The van der Waals surface area contributed by atoms with Crippen molar-refractivity contribution >= 4 is 40.3 Å². The largest absolute Gasteiger partial charge is 0.371 e. The highest BCUT2D eigenvalue weighted by molar-refractivity contribution is 6.40. The lowest BCUT2D eigenvalue weighted by Gasteiger charge is -2.00. The third-order valence-corrected chi connectivity index (χ3v) is 2.36. The summed E-state index contributed by atoms with van der Waals surface area (Å²) in [7, 11) is 0. The number of halogens is 2. The van der Waals surface area contributed by atoms with E-state index in [0.29, 0.717) is 6.07 Å². The third-order valence-electron chi connectivity index (χ3n) is 1.71. The molecular weight excluding hydrogens is 281 g/mol. The second-order valence-corrected chi connectivity index (χ2v) is 3.45. The second kappa shape index (κ2) is 4.47. The monoisotopic (exact) mass is 281 g/mol. The smallest absolute Gasteiger partial charge is 0.258 e. The first-order valence-electron chi connectivity index (χ1n) is 3.72. The van der Waals surface area contributed by atoms with E-state index in [1.807, 2.05) is 0 Å². The van der Waals surface area contributed by atoms with Crippen LogP contribution in [0.2, 0.25) is 10.0 Å². The minimum absolute atomic E-state index is 0.518. The molecule has 0 atom stereocenters. The Hall–Kier alpha value is -2.00. The quantitative estimate of drug-likeness (QED) is 0.618. The summed E-state index contributed by atoms with van der Waals surface area (Å²) in [5.41, 5.74) is -3.10. The Morgan fingerprint density at radius 3 is 1.71 bits per heavy atom. The van der Waals surface area contributed by atoms with Crippen LogP contribution in [0.3, 0.4) is 0 Å². The zero-order valence-corrected chi connectivity index (χ0v) is 9.14. The molecule has 9 nitrogen and oxygen atoms in total. The molecule has 0 radical (unpaired) electrons. The van der Waals surface area contributed by atoms with Gasteiger partial charge in [0.05, 0.1) is 14.8 Å². The molecule has 17 heavy (non-hydrogen) atoms. The number of hydrogen-bond acceptors (Lipinski definition) is 6. The highest BCUT2D eigenvalue weighted by Gasteiger charge is 2.37. The summed E-state index contributed by atoms with van der Waals surface area (Å²) >= 11 is 10.8. The topological polar surface area (TPSA) is 129 Å². The fraction of sp³-hybridized carbons (Fsp3) is 0. The minimum Gasteiger partial charge on any atom is -0.258 e. The highest BCUT2D eigenvalue weighted by Crippen LogP contribution is 2.44. The van der Waals surface area contributed by atoms with Crippen molar-refractivity contribution in [3.63, 3.8) is 0 Å². The van der Waals surface area contributed by atoms with Crippen LogP contribution >= 0.6 is 23.2 Å². The summed E-state index contributed by atoms with van der Waals surface area (Å²) in [5, 5.41) is 30.0. The molecule has 0 aliphatic heterocycles. The standard InChI is InChI=1S/C6HCl2N3O6/c7-2-1-3(9(12)13)6(11(16)17)4(8)5(2)10(14)15/h1H. The molecule has 0 aliphatic rings. The predicted octanol–water partition coefficient (Wildman–Crippen LogP) is 2.72. The van der Waals surface area contributed by atoms with Crippen LogP contribution in [0.25, 0.3) is 0 Å². The van der Waals surface area contributed by atoms with Gasteiger partial charge in [0.15, 0.2) is 0 Å². The number of benzene rings is 1. The van der Waals surface area contributed by atoms with Crippen molar-refractivity contribution in [1.29, 1.82) is 0 Å².